The molecule has 0 spiro atoms. The van der Waals surface area contributed by atoms with Crippen LogP contribution in [0.5, 0.6) is 0 Å². The van der Waals surface area contributed by atoms with Crippen molar-refractivity contribution in [2.24, 2.45) is 5.73 Å². The standard InChI is InChI=1S/C13H13BrFNS/c1-7-3-9(6-10(15)4-7)12(16)11-5-8(2)13(14)17-11/h3-6,12H,16H2,1-2H3. The highest BCUT2D eigenvalue weighted by molar-refractivity contribution is 9.11. The molecule has 2 rings (SSSR count). The SMILES string of the molecule is Cc1cc(F)cc(C(N)c2cc(C)c(Br)s2)c1. The van der Waals surface area contributed by atoms with Crippen LogP contribution in [0.3, 0.4) is 0 Å². The number of hydrogen-bond acceptors (Lipinski definition) is 2. The molecule has 1 nitrogen and oxygen atoms in total. The lowest BCUT2D eigenvalue weighted by Crippen LogP contribution is -2.10. The third-order valence-electron chi connectivity index (χ3n) is 2.61. The van der Waals surface area contributed by atoms with Crippen molar-refractivity contribution in [2.45, 2.75) is 19.9 Å². The molecular formula is C13H13BrFNS. The summed E-state index contributed by atoms with van der Waals surface area (Å²) >= 11 is 5.07. The molecule has 0 bridgehead atoms. The topological polar surface area (TPSA) is 26.0 Å². The van der Waals surface area contributed by atoms with E-state index in [1.807, 2.05) is 26.0 Å². The van der Waals surface area contributed by atoms with E-state index in [0.717, 1.165) is 25.4 Å². The Hall–Kier alpha value is -0.710. The average Bonchev–Trinajstić information content (AvgIpc) is 2.57. The van der Waals surface area contributed by atoms with Gasteiger partial charge >= 0.3 is 0 Å². The van der Waals surface area contributed by atoms with Gasteiger partial charge in [-0.25, -0.2) is 4.39 Å². The van der Waals surface area contributed by atoms with Crippen molar-refractivity contribution in [1.82, 2.24) is 0 Å². The number of nitrogens with two attached hydrogens (primary N) is 1. The summed E-state index contributed by atoms with van der Waals surface area (Å²) in [6, 6.07) is 6.71. The average molecular weight is 314 g/mol. The summed E-state index contributed by atoms with van der Waals surface area (Å²) in [7, 11) is 0. The van der Waals surface area contributed by atoms with Crippen molar-refractivity contribution in [3.63, 3.8) is 0 Å². The number of benzene rings is 1. The predicted molar refractivity (Wildman–Crippen MR) is 73.9 cm³/mol. The van der Waals surface area contributed by atoms with Crippen LogP contribution in [0.2, 0.25) is 0 Å². The largest absolute Gasteiger partial charge is 0.320 e. The fraction of sp³-hybridized carbons (Fsp3) is 0.231. The molecule has 2 N–H and O–H groups in total. The van der Waals surface area contributed by atoms with E-state index in [4.69, 9.17) is 5.73 Å². The molecular weight excluding hydrogens is 301 g/mol. The Labute approximate surface area is 113 Å². The fourth-order valence-electron chi connectivity index (χ4n) is 1.75. The Balaban J connectivity index is 2.39. The molecule has 1 atom stereocenters. The second kappa shape index (κ2) is 4.88. The molecule has 4 heteroatoms. The van der Waals surface area contributed by atoms with E-state index in [1.165, 1.54) is 12.1 Å². The molecule has 0 fully saturated rings. The summed E-state index contributed by atoms with van der Waals surface area (Å²) in [5.41, 5.74) is 9.03. The predicted octanol–water partition coefficient (Wildman–Crippen LogP) is 4.31. The summed E-state index contributed by atoms with van der Waals surface area (Å²) in [4.78, 5) is 1.04. The van der Waals surface area contributed by atoms with E-state index in [9.17, 15) is 4.39 Å². The van der Waals surface area contributed by atoms with Gasteiger partial charge in [0.2, 0.25) is 0 Å². The zero-order valence-electron chi connectivity index (χ0n) is 9.63. The van der Waals surface area contributed by atoms with E-state index in [-0.39, 0.29) is 11.9 Å². The van der Waals surface area contributed by atoms with Gasteiger partial charge in [0.05, 0.1) is 9.83 Å². The van der Waals surface area contributed by atoms with E-state index in [1.54, 1.807) is 11.3 Å². The fourth-order valence-corrected chi connectivity index (χ4v) is 3.35. The molecule has 90 valence electrons. The highest BCUT2D eigenvalue weighted by atomic mass is 79.9. The van der Waals surface area contributed by atoms with Crippen LogP contribution in [0.1, 0.15) is 27.6 Å². The Morgan fingerprint density at radius 3 is 2.47 bits per heavy atom. The number of rotatable bonds is 2. The van der Waals surface area contributed by atoms with Crippen molar-refractivity contribution in [2.75, 3.05) is 0 Å². The monoisotopic (exact) mass is 313 g/mol. The van der Waals surface area contributed by atoms with Gasteiger partial charge in [0, 0.05) is 4.88 Å². The molecule has 2 aromatic rings. The summed E-state index contributed by atoms with van der Waals surface area (Å²) in [5.74, 6) is -0.234. The van der Waals surface area contributed by atoms with Crippen LogP contribution in [0.15, 0.2) is 28.1 Å². The van der Waals surface area contributed by atoms with Gasteiger partial charge in [-0.15, -0.1) is 11.3 Å². The lowest BCUT2D eigenvalue weighted by molar-refractivity contribution is 0.622. The van der Waals surface area contributed by atoms with Crippen LogP contribution in [-0.2, 0) is 0 Å². The molecule has 1 heterocycles. The third kappa shape index (κ3) is 2.76. The zero-order chi connectivity index (χ0) is 12.6. The molecule has 0 amide bonds. The first-order valence-corrected chi connectivity index (χ1v) is 6.87. The third-order valence-corrected chi connectivity index (χ3v) is 4.83. The Morgan fingerprint density at radius 1 is 1.24 bits per heavy atom. The quantitative estimate of drug-likeness (QED) is 0.878. The maximum atomic E-state index is 13.3. The minimum atomic E-state index is -0.264. The molecule has 0 saturated heterocycles. The van der Waals surface area contributed by atoms with Crippen molar-refractivity contribution in [3.8, 4) is 0 Å². The van der Waals surface area contributed by atoms with Gasteiger partial charge in [-0.1, -0.05) is 6.07 Å². The van der Waals surface area contributed by atoms with Crippen molar-refractivity contribution < 1.29 is 4.39 Å². The zero-order valence-corrected chi connectivity index (χ0v) is 12.0. The molecule has 1 unspecified atom stereocenters. The number of halogens is 2. The second-order valence-corrected chi connectivity index (χ2v) is 6.55. The van der Waals surface area contributed by atoms with Crippen molar-refractivity contribution in [3.05, 3.63) is 55.4 Å². The Morgan fingerprint density at radius 2 is 1.94 bits per heavy atom. The molecule has 0 aliphatic carbocycles. The summed E-state index contributed by atoms with van der Waals surface area (Å²) in [6.45, 7) is 3.89. The smallest absolute Gasteiger partial charge is 0.123 e. The summed E-state index contributed by atoms with van der Waals surface area (Å²) in [6.07, 6.45) is 0. The van der Waals surface area contributed by atoms with E-state index in [0.29, 0.717) is 0 Å². The molecule has 0 aliphatic rings. The Bertz CT molecular complexity index is 511. The maximum absolute atomic E-state index is 13.3. The van der Waals surface area contributed by atoms with Gasteiger partial charge < -0.3 is 5.73 Å². The first kappa shape index (κ1) is 12.7. The molecule has 0 radical (unpaired) electrons. The Kier molecular flexibility index (Phi) is 3.66. The van der Waals surface area contributed by atoms with Gasteiger partial charge in [-0.3, -0.25) is 0 Å². The van der Waals surface area contributed by atoms with Crippen molar-refractivity contribution in [1.29, 1.82) is 0 Å². The van der Waals surface area contributed by atoms with E-state index in [2.05, 4.69) is 15.9 Å². The van der Waals surface area contributed by atoms with Crippen LogP contribution in [0, 0.1) is 19.7 Å². The lowest BCUT2D eigenvalue weighted by Gasteiger charge is -2.11. The van der Waals surface area contributed by atoms with Gasteiger partial charge in [0.1, 0.15) is 5.82 Å². The maximum Gasteiger partial charge on any atom is 0.123 e. The van der Waals surface area contributed by atoms with Gasteiger partial charge in [-0.05, 0) is 64.7 Å². The molecule has 0 saturated carbocycles. The van der Waals surface area contributed by atoms with Gasteiger partial charge in [0.15, 0.2) is 0 Å². The van der Waals surface area contributed by atoms with E-state index < -0.39 is 0 Å². The lowest BCUT2D eigenvalue weighted by atomic mass is 10.0. The molecule has 1 aromatic heterocycles. The first-order chi connectivity index (χ1) is 7.97. The molecule has 1 aromatic carbocycles. The van der Waals surface area contributed by atoms with Crippen LogP contribution in [-0.4, -0.2) is 0 Å². The highest BCUT2D eigenvalue weighted by Gasteiger charge is 2.14. The van der Waals surface area contributed by atoms with Crippen LogP contribution < -0.4 is 5.73 Å². The number of hydrogen-bond donors (Lipinski definition) is 1. The van der Waals surface area contributed by atoms with E-state index >= 15 is 0 Å². The summed E-state index contributed by atoms with van der Waals surface area (Å²) < 4.78 is 14.4. The normalized spacial score (nSPS) is 12.8. The first-order valence-electron chi connectivity index (χ1n) is 5.26. The highest BCUT2D eigenvalue weighted by Crippen LogP contribution is 2.33. The second-order valence-electron chi connectivity index (χ2n) is 4.15. The molecule has 17 heavy (non-hydrogen) atoms. The van der Waals surface area contributed by atoms with Gasteiger partial charge in [0.25, 0.3) is 0 Å². The van der Waals surface area contributed by atoms with Crippen LogP contribution in [0.4, 0.5) is 4.39 Å². The summed E-state index contributed by atoms with van der Waals surface area (Å²) in [5, 5.41) is 0. The molecule has 0 aliphatic heterocycles. The minimum Gasteiger partial charge on any atom is -0.320 e. The van der Waals surface area contributed by atoms with Crippen LogP contribution >= 0.6 is 27.3 Å². The number of thiophene rings is 1. The van der Waals surface area contributed by atoms with Gasteiger partial charge in [-0.2, -0.15) is 0 Å². The minimum absolute atomic E-state index is 0.234. The number of aryl methyl sites for hydroxylation is 2. The van der Waals surface area contributed by atoms with Crippen molar-refractivity contribution >= 4 is 27.3 Å². The van der Waals surface area contributed by atoms with Crippen LogP contribution in [0.25, 0.3) is 0 Å².